The molecular formula is C23H32N2O6. The van der Waals surface area contributed by atoms with Crippen molar-refractivity contribution >= 4 is 23.9 Å². The summed E-state index contributed by atoms with van der Waals surface area (Å²) >= 11 is 0. The van der Waals surface area contributed by atoms with Crippen LogP contribution in [-0.4, -0.2) is 46.5 Å². The first-order chi connectivity index (χ1) is 14.5. The lowest BCUT2D eigenvalue weighted by Gasteiger charge is -2.27. The van der Waals surface area contributed by atoms with Crippen molar-refractivity contribution in [3.05, 3.63) is 35.9 Å². The summed E-state index contributed by atoms with van der Waals surface area (Å²) < 4.78 is 10.7. The molecule has 1 N–H and O–H groups in total. The molecule has 1 heterocycles. The molecule has 1 aliphatic rings. The number of likely N-dealkylation sites (tertiary alicyclic amines) is 1. The van der Waals surface area contributed by atoms with Crippen LogP contribution in [0.3, 0.4) is 0 Å². The fourth-order valence-corrected chi connectivity index (χ4v) is 3.28. The highest BCUT2D eigenvalue weighted by Crippen LogP contribution is 2.22. The molecule has 8 heteroatoms. The van der Waals surface area contributed by atoms with E-state index in [2.05, 4.69) is 5.32 Å². The monoisotopic (exact) mass is 432 g/mol. The van der Waals surface area contributed by atoms with Gasteiger partial charge in [-0.2, -0.15) is 0 Å². The molecule has 1 aromatic rings. The second-order valence-electron chi connectivity index (χ2n) is 9.08. The van der Waals surface area contributed by atoms with Gasteiger partial charge in [0.25, 0.3) is 0 Å². The van der Waals surface area contributed by atoms with E-state index in [9.17, 15) is 19.2 Å². The Morgan fingerprint density at radius 3 is 2.39 bits per heavy atom. The smallest absolute Gasteiger partial charge is 0.417 e. The number of hydrogen-bond donors (Lipinski definition) is 1. The lowest BCUT2D eigenvalue weighted by Crippen LogP contribution is -2.53. The number of imide groups is 1. The van der Waals surface area contributed by atoms with Gasteiger partial charge in [-0.05, 0) is 45.1 Å². The first-order valence-electron chi connectivity index (χ1n) is 10.5. The average Bonchev–Trinajstić information content (AvgIpc) is 3.06. The minimum Gasteiger partial charge on any atom is -0.458 e. The molecule has 1 fully saturated rings. The highest BCUT2D eigenvalue weighted by Gasteiger charge is 2.42. The fourth-order valence-electron chi connectivity index (χ4n) is 3.28. The summed E-state index contributed by atoms with van der Waals surface area (Å²) in [5.41, 5.74) is 0.0682. The molecule has 31 heavy (non-hydrogen) atoms. The van der Waals surface area contributed by atoms with Crippen LogP contribution < -0.4 is 5.32 Å². The summed E-state index contributed by atoms with van der Waals surface area (Å²) in [7, 11) is 0. The van der Waals surface area contributed by atoms with Crippen LogP contribution in [0.25, 0.3) is 0 Å². The SMILES string of the molecule is CC(C)C[C@H](NC(=O)[C@@H]1CCC(=O)N1C(=O)OCc1ccccc1)C(=O)OC(C)(C)C. The number of benzene rings is 1. The van der Waals surface area contributed by atoms with Gasteiger partial charge in [0.1, 0.15) is 24.3 Å². The van der Waals surface area contributed by atoms with Crippen molar-refractivity contribution in [2.45, 2.75) is 78.2 Å². The average molecular weight is 433 g/mol. The Kier molecular flexibility index (Phi) is 8.19. The van der Waals surface area contributed by atoms with Gasteiger partial charge in [-0.3, -0.25) is 9.59 Å². The maximum Gasteiger partial charge on any atom is 0.417 e. The van der Waals surface area contributed by atoms with Crippen LogP contribution >= 0.6 is 0 Å². The van der Waals surface area contributed by atoms with Crippen LogP contribution in [0, 0.1) is 5.92 Å². The van der Waals surface area contributed by atoms with Crippen LogP contribution in [0.15, 0.2) is 30.3 Å². The number of amides is 3. The Labute approximate surface area is 183 Å². The zero-order chi connectivity index (χ0) is 23.2. The molecule has 8 nitrogen and oxygen atoms in total. The molecule has 0 bridgehead atoms. The fraction of sp³-hybridized carbons (Fsp3) is 0.565. The lowest BCUT2D eigenvalue weighted by molar-refractivity contribution is -0.159. The van der Waals surface area contributed by atoms with Crippen LogP contribution in [0.4, 0.5) is 4.79 Å². The predicted molar refractivity (Wildman–Crippen MR) is 114 cm³/mol. The van der Waals surface area contributed by atoms with Gasteiger partial charge >= 0.3 is 12.1 Å². The van der Waals surface area contributed by atoms with E-state index in [4.69, 9.17) is 9.47 Å². The van der Waals surface area contributed by atoms with Gasteiger partial charge in [0.05, 0.1) is 0 Å². The Hall–Kier alpha value is -2.90. The molecule has 0 unspecified atom stereocenters. The van der Waals surface area contributed by atoms with Crippen LogP contribution in [0.2, 0.25) is 0 Å². The number of carbonyl (C=O) groups excluding carboxylic acids is 4. The van der Waals surface area contributed by atoms with Gasteiger partial charge in [0.2, 0.25) is 11.8 Å². The number of ether oxygens (including phenoxy) is 2. The maximum atomic E-state index is 12.9. The molecule has 0 radical (unpaired) electrons. The van der Waals surface area contributed by atoms with E-state index in [-0.39, 0.29) is 25.4 Å². The Morgan fingerprint density at radius 2 is 1.81 bits per heavy atom. The van der Waals surface area contributed by atoms with Crippen molar-refractivity contribution in [3.63, 3.8) is 0 Å². The van der Waals surface area contributed by atoms with E-state index >= 15 is 0 Å². The summed E-state index contributed by atoms with van der Waals surface area (Å²) in [4.78, 5) is 51.2. The number of esters is 1. The van der Waals surface area contributed by atoms with Gasteiger partial charge in [0, 0.05) is 6.42 Å². The van der Waals surface area contributed by atoms with Crippen LogP contribution in [-0.2, 0) is 30.5 Å². The minimum absolute atomic E-state index is 0.00826. The van der Waals surface area contributed by atoms with Crippen molar-refractivity contribution in [3.8, 4) is 0 Å². The number of nitrogens with zero attached hydrogens (tertiary/aromatic N) is 1. The molecule has 0 aromatic heterocycles. The number of hydrogen-bond acceptors (Lipinski definition) is 6. The molecule has 2 rings (SSSR count). The molecule has 2 atom stereocenters. The van der Waals surface area contributed by atoms with Crippen molar-refractivity contribution in [1.29, 1.82) is 0 Å². The largest absolute Gasteiger partial charge is 0.458 e. The molecule has 1 aromatic carbocycles. The van der Waals surface area contributed by atoms with E-state index < -0.39 is 41.6 Å². The molecule has 0 spiro atoms. The van der Waals surface area contributed by atoms with Crippen molar-refractivity contribution in [1.82, 2.24) is 10.2 Å². The zero-order valence-corrected chi connectivity index (χ0v) is 18.8. The minimum atomic E-state index is -1.02. The third kappa shape index (κ3) is 7.38. The molecule has 0 aliphatic carbocycles. The highest BCUT2D eigenvalue weighted by atomic mass is 16.6. The molecule has 0 saturated carbocycles. The van der Waals surface area contributed by atoms with Crippen molar-refractivity contribution < 1.29 is 28.7 Å². The van der Waals surface area contributed by atoms with Crippen molar-refractivity contribution in [2.75, 3.05) is 0 Å². The molecule has 3 amide bonds. The first-order valence-corrected chi connectivity index (χ1v) is 10.5. The van der Waals surface area contributed by atoms with Gasteiger partial charge in [-0.1, -0.05) is 44.2 Å². The molecule has 1 saturated heterocycles. The van der Waals surface area contributed by atoms with Crippen LogP contribution in [0.1, 0.15) is 59.4 Å². The number of rotatable bonds is 7. The molecular weight excluding hydrogens is 400 g/mol. The summed E-state index contributed by atoms with van der Waals surface area (Å²) in [6, 6.07) is 7.16. The first kappa shape index (κ1) is 24.4. The summed E-state index contributed by atoms with van der Waals surface area (Å²) in [5, 5.41) is 2.68. The molecule has 1 aliphatic heterocycles. The zero-order valence-electron chi connectivity index (χ0n) is 18.8. The standard InChI is InChI=1S/C23H32N2O6/c1-15(2)13-17(21(28)31-23(3,4)5)24-20(27)18-11-12-19(26)25(18)22(29)30-14-16-9-7-6-8-10-16/h6-10,15,17-18H,11-14H2,1-5H3,(H,24,27)/t17-,18-/m0/s1. The van der Waals surface area contributed by atoms with E-state index in [1.807, 2.05) is 32.0 Å². The van der Waals surface area contributed by atoms with E-state index in [0.717, 1.165) is 10.5 Å². The van der Waals surface area contributed by atoms with Gasteiger partial charge in [-0.25, -0.2) is 14.5 Å². The maximum absolute atomic E-state index is 12.9. The van der Waals surface area contributed by atoms with Gasteiger partial charge < -0.3 is 14.8 Å². The normalized spacial score (nSPS) is 17.4. The van der Waals surface area contributed by atoms with Gasteiger partial charge in [0.15, 0.2) is 0 Å². The second-order valence-corrected chi connectivity index (χ2v) is 9.08. The summed E-state index contributed by atoms with van der Waals surface area (Å²) in [6.45, 7) is 9.09. The quantitative estimate of drug-likeness (QED) is 0.664. The summed E-state index contributed by atoms with van der Waals surface area (Å²) in [6.07, 6.45) is -0.267. The third-order valence-corrected chi connectivity index (χ3v) is 4.63. The van der Waals surface area contributed by atoms with Crippen molar-refractivity contribution in [2.24, 2.45) is 5.92 Å². The predicted octanol–water partition coefficient (Wildman–Crippen LogP) is 3.19. The van der Waals surface area contributed by atoms with Crippen LogP contribution in [0.5, 0.6) is 0 Å². The summed E-state index contributed by atoms with van der Waals surface area (Å²) in [5.74, 6) is -1.47. The highest BCUT2D eigenvalue weighted by molar-refractivity contribution is 6.01. The number of nitrogens with one attached hydrogen (secondary N) is 1. The van der Waals surface area contributed by atoms with E-state index in [1.54, 1.807) is 32.9 Å². The van der Waals surface area contributed by atoms with E-state index in [1.165, 1.54) is 0 Å². The van der Waals surface area contributed by atoms with E-state index in [0.29, 0.717) is 6.42 Å². The Morgan fingerprint density at radius 1 is 1.16 bits per heavy atom. The number of carbonyl (C=O) groups is 4. The lowest BCUT2D eigenvalue weighted by atomic mass is 10.0. The Bertz CT molecular complexity index is 800. The topological polar surface area (TPSA) is 102 Å². The Balaban J connectivity index is 2.06. The third-order valence-electron chi connectivity index (χ3n) is 4.63. The molecule has 170 valence electrons. The van der Waals surface area contributed by atoms with Gasteiger partial charge in [-0.15, -0.1) is 0 Å². The second kappa shape index (κ2) is 10.4.